The average molecular weight is 386 g/mol. The smallest absolute Gasteiger partial charge is 0.202 e. The summed E-state index contributed by atoms with van der Waals surface area (Å²) < 4.78 is 3.57. The van der Waals surface area contributed by atoms with Crippen molar-refractivity contribution < 1.29 is 0 Å². The highest BCUT2D eigenvalue weighted by Gasteiger charge is 2.22. The molecule has 2 aromatic carbocycles. The number of hydrogen-bond donors (Lipinski definition) is 0. The van der Waals surface area contributed by atoms with Crippen LogP contribution in [0.25, 0.3) is 17.1 Å². The predicted octanol–water partition coefficient (Wildman–Crippen LogP) is 4.11. The molecule has 28 heavy (non-hydrogen) atoms. The first-order chi connectivity index (χ1) is 13.7. The summed E-state index contributed by atoms with van der Waals surface area (Å²) in [6.45, 7) is 3.97. The second-order valence-electron chi connectivity index (χ2n) is 6.71. The van der Waals surface area contributed by atoms with Gasteiger partial charge in [0.2, 0.25) is 5.16 Å². The summed E-state index contributed by atoms with van der Waals surface area (Å²) in [5.74, 6) is 1.38. The minimum atomic E-state index is 0.617. The van der Waals surface area contributed by atoms with E-state index in [2.05, 4.69) is 63.8 Å². The summed E-state index contributed by atoms with van der Waals surface area (Å²) in [6, 6.07) is 20.9. The van der Waals surface area contributed by atoms with Crippen LogP contribution in [0.4, 0.5) is 0 Å². The zero-order valence-electron chi connectivity index (χ0n) is 15.6. The van der Waals surface area contributed by atoms with Gasteiger partial charge in [0.25, 0.3) is 5.95 Å². The van der Waals surface area contributed by atoms with E-state index in [4.69, 9.17) is 5.10 Å². The Balaban J connectivity index is 1.51. The number of hydrogen-bond acceptors (Lipinski definition) is 5. The monoisotopic (exact) mass is 386 g/mol. The zero-order chi connectivity index (χ0) is 19.1. The van der Waals surface area contributed by atoms with Crippen molar-refractivity contribution >= 4 is 17.5 Å². The topological polar surface area (TPSA) is 60.9 Å². The number of aromatic nitrogens is 5. The summed E-state index contributed by atoms with van der Waals surface area (Å²) >= 11 is 1.64. The number of aryl methyl sites for hydroxylation is 2. The van der Waals surface area contributed by atoms with Crippen LogP contribution < -0.4 is 0 Å². The molecule has 1 aliphatic heterocycles. The maximum absolute atomic E-state index is 4.83. The largest absolute Gasteiger partial charge is 0.274 e. The fourth-order valence-electron chi connectivity index (χ4n) is 3.31. The molecule has 2 aromatic heterocycles. The zero-order valence-corrected chi connectivity index (χ0v) is 16.4. The highest BCUT2D eigenvalue weighted by Crippen LogP contribution is 2.27. The third kappa shape index (κ3) is 2.93. The van der Waals surface area contributed by atoms with E-state index in [9.17, 15) is 0 Å². The lowest BCUT2D eigenvalue weighted by Crippen LogP contribution is -2.16. The van der Waals surface area contributed by atoms with Crippen molar-refractivity contribution in [2.75, 3.05) is 5.75 Å². The maximum Gasteiger partial charge on any atom is 0.274 e. The summed E-state index contributed by atoms with van der Waals surface area (Å²) in [6.07, 6.45) is 0. The van der Waals surface area contributed by atoms with Crippen molar-refractivity contribution in [2.24, 2.45) is 5.10 Å². The number of fused-ring (bicyclic) bond motifs is 1. The highest BCUT2D eigenvalue weighted by atomic mass is 32.2. The second kappa shape index (κ2) is 6.76. The predicted molar refractivity (Wildman–Crippen MR) is 111 cm³/mol. The fraction of sp³-hybridized carbons (Fsp3) is 0.143. The molecule has 0 spiro atoms. The normalized spacial score (nSPS) is 13.3. The van der Waals surface area contributed by atoms with Crippen LogP contribution in [-0.4, -0.2) is 36.1 Å². The lowest BCUT2D eigenvalue weighted by molar-refractivity contribution is 0.682. The molecule has 0 aliphatic carbocycles. The third-order valence-corrected chi connectivity index (χ3v) is 5.61. The van der Waals surface area contributed by atoms with Crippen LogP contribution in [-0.2, 0) is 0 Å². The Morgan fingerprint density at radius 2 is 1.57 bits per heavy atom. The van der Waals surface area contributed by atoms with E-state index in [0.29, 0.717) is 5.95 Å². The molecule has 5 rings (SSSR count). The van der Waals surface area contributed by atoms with Gasteiger partial charge in [0.15, 0.2) is 0 Å². The van der Waals surface area contributed by atoms with Gasteiger partial charge in [-0.2, -0.15) is 14.9 Å². The summed E-state index contributed by atoms with van der Waals surface area (Å²) in [5.41, 5.74) is 6.46. The molecule has 4 aromatic rings. The molecule has 0 unspecified atom stereocenters. The van der Waals surface area contributed by atoms with Gasteiger partial charge in [-0.05, 0) is 36.6 Å². The molecule has 6 nitrogen and oxygen atoms in total. The maximum atomic E-state index is 4.83. The molecular weight excluding hydrogens is 368 g/mol. The van der Waals surface area contributed by atoms with Crippen LogP contribution in [0, 0.1) is 13.8 Å². The van der Waals surface area contributed by atoms with Crippen LogP contribution in [0.5, 0.6) is 0 Å². The van der Waals surface area contributed by atoms with Crippen molar-refractivity contribution in [3.63, 3.8) is 0 Å². The number of nitrogens with zero attached hydrogens (tertiary/aromatic N) is 6. The van der Waals surface area contributed by atoms with E-state index in [-0.39, 0.29) is 0 Å². The van der Waals surface area contributed by atoms with E-state index in [1.54, 1.807) is 21.1 Å². The van der Waals surface area contributed by atoms with E-state index in [1.165, 1.54) is 11.1 Å². The van der Waals surface area contributed by atoms with E-state index in [0.717, 1.165) is 33.6 Å². The van der Waals surface area contributed by atoms with Gasteiger partial charge >= 0.3 is 0 Å². The van der Waals surface area contributed by atoms with E-state index >= 15 is 0 Å². The summed E-state index contributed by atoms with van der Waals surface area (Å²) in [5, 5.41) is 18.7. The van der Waals surface area contributed by atoms with Gasteiger partial charge in [-0.15, -0.1) is 10.2 Å². The van der Waals surface area contributed by atoms with Crippen LogP contribution in [0.2, 0.25) is 0 Å². The SMILES string of the molecule is Cc1cc(C)n(-c2nnc3n2N=C(c2ccc(-c4ccccc4)cc2)CS3)n1. The van der Waals surface area contributed by atoms with Gasteiger partial charge in [-0.25, -0.2) is 4.68 Å². The van der Waals surface area contributed by atoms with Crippen LogP contribution >= 0.6 is 11.8 Å². The first kappa shape index (κ1) is 16.9. The minimum Gasteiger partial charge on any atom is -0.202 e. The molecule has 0 radical (unpaired) electrons. The van der Waals surface area contributed by atoms with Gasteiger partial charge in [-0.3, -0.25) is 0 Å². The number of thioether (sulfide) groups is 1. The molecular formula is C21H18N6S. The van der Waals surface area contributed by atoms with Gasteiger partial charge in [0.1, 0.15) is 0 Å². The molecule has 0 bridgehead atoms. The van der Waals surface area contributed by atoms with Crippen molar-refractivity contribution in [1.82, 2.24) is 24.7 Å². The van der Waals surface area contributed by atoms with Crippen LogP contribution in [0.1, 0.15) is 17.0 Å². The second-order valence-corrected chi connectivity index (χ2v) is 7.65. The molecule has 7 heteroatoms. The molecule has 138 valence electrons. The van der Waals surface area contributed by atoms with Crippen molar-refractivity contribution in [2.45, 2.75) is 19.0 Å². The van der Waals surface area contributed by atoms with Crippen molar-refractivity contribution in [3.05, 3.63) is 77.6 Å². The quantitative estimate of drug-likeness (QED) is 0.532. The average Bonchev–Trinajstić information content (AvgIpc) is 3.30. The van der Waals surface area contributed by atoms with E-state index < -0.39 is 0 Å². The lowest BCUT2D eigenvalue weighted by Gasteiger charge is -2.14. The molecule has 0 amide bonds. The molecule has 0 atom stereocenters. The highest BCUT2D eigenvalue weighted by molar-refractivity contribution is 7.99. The van der Waals surface area contributed by atoms with Gasteiger partial charge in [-0.1, -0.05) is 66.4 Å². The van der Waals surface area contributed by atoms with Gasteiger partial charge in [0, 0.05) is 11.4 Å². The molecule has 1 aliphatic rings. The van der Waals surface area contributed by atoms with Crippen molar-refractivity contribution in [3.8, 4) is 17.1 Å². The van der Waals surface area contributed by atoms with E-state index in [1.807, 2.05) is 26.0 Å². The molecule has 3 heterocycles. The number of rotatable bonds is 3. The lowest BCUT2D eigenvalue weighted by atomic mass is 10.0. The summed E-state index contributed by atoms with van der Waals surface area (Å²) in [7, 11) is 0. The Labute approximate surface area is 166 Å². The first-order valence-electron chi connectivity index (χ1n) is 9.04. The van der Waals surface area contributed by atoms with Crippen LogP contribution in [0.15, 0.2) is 70.9 Å². The van der Waals surface area contributed by atoms with Gasteiger partial charge in [0.05, 0.1) is 11.4 Å². The fourth-order valence-corrected chi connectivity index (χ4v) is 4.14. The minimum absolute atomic E-state index is 0.617. The Morgan fingerprint density at radius 3 is 2.29 bits per heavy atom. The molecule has 0 N–H and O–H groups in total. The first-order valence-corrected chi connectivity index (χ1v) is 10.0. The molecule has 0 saturated heterocycles. The van der Waals surface area contributed by atoms with Crippen LogP contribution in [0.3, 0.4) is 0 Å². The summed E-state index contributed by atoms with van der Waals surface area (Å²) in [4.78, 5) is 0. The third-order valence-electron chi connectivity index (χ3n) is 4.68. The Hall–Kier alpha value is -3.19. The molecule has 0 saturated carbocycles. The number of benzene rings is 2. The Bertz CT molecular complexity index is 1170. The Kier molecular flexibility index (Phi) is 4.09. The molecule has 0 fully saturated rings. The Morgan fingerprint density at radius 1 is 0.857 bits per heavy atom. The van der Waals surface area contributed by atoms with Crippen molar-refractivity contribution in [1.29, 1.82) is 0 Å². The van der Waals surface area contributed by atoms with Gasteiger partial charge < -0.3 is 0 Å². The standard InChI is InChI=1S/C21H18N6S/c1-14-12-15(2)26(24-14)20-22-23-21-27(20)25-19(13-28-21)18-10-8-17(9-11-18)16-6-4-3-5-7-16/h3-12H,13H2,1-2H3.